The molecule has 2 heterocycles. The van der Waals surface area contributed by atoms with Crippen molar-refractivity contribution in [3.63, 3.8) is 0 Å². The number of anilines is 1. The van der Waals surface area contributed by atoms with Gasteiger partial charge in [0.05, 0.1) is 25.7 Å². The number of amides is 1. The molecule has 1 amide bonds. The Hall–Kier alpha value is -1.10. The first kappa shape index (κ1) is 15.8. The first-order valence-electron chi connectivity index (χ1n) is 8.03. The predicted octanol–water partition coefficient (Wildman–Crippen LogP) is 1.23. The molecule has 22 heavy (non-hydrogen) atoms. The highest BCUT2D eigenvalue weighted by atomic mass is 35.5. The van der Waals surface area contributed by atoms with Crippen LogP contribution in [0.2, 0.25) is 5.02 Å². The molecule has 2 N–H and O–H groups in total. The van der Waals surface area contributed by atoms with Crippen molar-refractivity contribution in [1.29, 1.82) is 0 Å². The van der Waals surface area contributed by atoms with Crippen LogP contribution < -0.4 is 10.2 Å². The van der Waals surface area contributed by atoms with Crippen LogP contribution in [0.5, 0.6) is 0 Å². The van der Waals surface area contributed by atoms with Gasteiger partial charge in [-0.1, -0.05) is 31.5 Å². The molecule has 2 aliphatic rings. The minimum absolute atomic E-state index is 0.0153. The zero-order valence-electron chi connectivity index (χ0n) is 13.6. The van der Waals surface area contributed by atoms with Gasteiger partial charge >= 0.3 is 0 Å². The third-order valence-electron chi connectivity index (χ3n) is 4.75. The molecule has 1 aromatic carbocycles. The minimum atomic E-state index is -0.0153. The van der Waals surface area contributed by atoms with E-state index in [1.165, 1.54) is 5.56 Å². The lowest BCUT2D eigenvalue weighted by Gasteiger charge is -2.30. The monoisotopic (exact) mass is 322 g/mol. The smallest absolute Gasteiger partial charge is 0.241 e. The quantitative estimate of drug-likeness (QED) is 0.889. The number of benzene rings is 1. The van der Waals surface area contributed by atoms with Crippen LogP contribution in [-0.2, 0) is 10.2 Å². The zero-order chi connectivity index (χ0) is 15.9. The second kappa shape index (κ2) is 5.84. The van der Waals surface area contributed by atoms with Crippen molar-refractivity contribution in [2.24, 2.45) is 0 Å². The molecular weight excluding hydrogens is 298 g/mol. The normalized spacial score (nSPS) is 24.4. The van der Waals surface area contributed by atoms with Crippen LogP contribution in [-0.4, -0.2) is 49.6 Å². The van der Waals surface area contributed by atoms with Gasteiger partial charge in [-0.2, -0.15) is 0 Å². The molecule has 1 saturated heterocycles. The van der Waals surface area contributed by atoms with Crippen LogP contribution in [0.1, 0.15) is 26.3 Å². The van der Waals surface area contributed by atoms with Gasteiger partial charge in [-0.25, -0.2) is 0 Å². The molecule has 0 spiro atoms. The lowest BCUT2D eigenvalue weighted by molar-refractivity contribution is -0.694. The van der Waals surface area contributed by atoms with E-state index in [2.05, 4.69) is 37.1 Å². The lowest BCUT2D eigenvalue weighted by atomic mass is 9.87. The Bertz CT molecular complexity index is 587. The van der Waals surface area contributed by atoms with E-state index < -0.39 is 0 Å². The molecule has 1 fully saturated rings. The van der Waals surface area contributed by atoms with Crippen molar-refractivity contribution in [2.45, 2.75) is 32.2 Å². The fourth-order valence-electron chi connectivity index (χ4n) is 3.62. The second-order valence-corrected chi connectivity index (χ2v) is 7.70. The average molecular weight is 323 g/mol. The van der Waals surface area contributed by atoms with Crippen LogP contribution in [0.15, 0.2) is 18.2 Å². The van der Waals surface area contributed by atoms with E-state index in [9.17, 15) is 4.79 Å². The van der Waals surface area contributed by atoms with Crippen LogP contribution in [0.4, 0.5) is 5.69 Å². The summed E-state index contributed by atoms with van der Waals surface area (Å²) >= 11 is 6.14. The molecule has 120 valence electrons. The van der Waals surface area contributed by atoms with E-state index in [0.29, 0.717) is 17.6 Å². The van der Waals surface area contributed by atoms with E-state index >= 15 is 0 Å². The number of carbonyl (C=O) groups is 1. The second-order valence-electron chi connectivity index (χ2n) is 7.26. The number of nitrogens with zero attached hydrogens (tertiary/aromatic N) is 2. The first-order valence-corrected chi connectivity index (χ1v) is 8.41. The van der Waals surface area contributed by atoms with Gasteiger partial charge in [0.15, 0.2) is 0 Å². The maximum absolute atomic E-state index is 12.8. The summed E-state index contributed by atoms with van der Waals surface area (Å²) in [7, 11) is 0. The van der Waals surface area contributed by atoms with Gasteiger partial charge in [0.1, 0.15) is 0 Å². The molecule has 0 unspecified atom stereocenters. The highest BCUT2D eigenvalue weighted by Crippen LogP contribution is 2.41. The third kappa shape index (κ3) is 3.00. The molecule has 2 aliphatic heterocycles. The van der Waals surface area contributed by atoms with Crippen molar-refractivity contribution in [2.75, 3.05) is 37.6 Å². The summed E-state index contributed by atoms with van der Waals surface area (Å²) in [5.74, 6) is 0.184. The average Bonchev–Trinajstić information content (AvgIpc) is 2.70. The van der Waals surface area contributed by atoms with Crippen molar-refractivity contribution >= 4 is 23.2 Å². The van der Waals surface area contributed by atoms with Crippen molar-refractivity contribution < 1.29 is 10.1 Å². The summed E-state index contributed by atoms with van der Waals surface area (Å²) in [6.07, 6.45) is 0. The molecule has 0 radical (unpaired) electrons. The summed E-state index contributed by atoms with van der Waals surface area (Å²) in [5.41, 5.74) is 2.18. The number of hydrogen-bond donors (Lipinski definition) is 1. The van der Waals surface area contributed by atoms with Crippen LogP contribution in [0, 0.1) is 0 Å². The molecule has 1 aromatic rings. The van der Waals surface area contributed by atoms with Gasteiger partial charge in [0.2, 0.25) is 5.91 Å². The maximum Gasteiger partial charge on any atom is 0.241 e. The first-order chi connectivity index (χ1) is 10.4. The van der Waals surface area contributed by atoms with Gasteiger partial charge in [0.25, 0.3) is 0 Å². The fraction of sp³-hybridized carbons (Fsp3) is 0.588. The molecule has 3 rings (SSSR count). The number of fused-ring (bicyclic) bond motifs is 1. The Kier molecular flexibility index (Phi) is 4.19. The number of carbonyl (C=O) groups excluding carboxylic acids is 1. The van der Waals surface area contributed by atoms with E-state index in [4.69, 9.17) is 11.6 Å². The summed E-state index contributed by atoms with van der Waals surface area (Å²) in [5, 5.41) is 3.03. The number of piperazine rings is 1. The summed E-state index contributed by atoms with van der Waals surface area (Å²) in [4.78, 5) is 17.0. The molecule has 0 aliphatic carbocycles. The van der Waals surface area contributed by atoms with Crippen molar-refractivity contribution in [1.82, 2.24) is 4.90 Å². The van der Waals surface area contributed by atoms with Gasteiger partial charge in [0, 0.05) is 29.2 Å². The largest absolute Gasteiger partial charge is 0.342 e. The van der Waals surface area contributed by atoms with Crippen LogP contribution in [0.25, 0.3) is 0 Å². The SMILES string of the molecule is C[C@@H]1CN(CC(=O)N2CC(C)(C)c3ccc(Cl)cc32)CC[NH2+]1. The summed E-state index contributed by atoms with van der Waals surface area (Å²) in [6, 6.07) is 6.47. The number of hydrogen-bond acceptors (Lipinski definition) is 2. The summed E-state index contributed by atoms with van der Waals surface area (Å²) < 4.78 is 0. The van der Waals surface area contributed by atoms with Gasteiger partial charge in [-0.05, 0) is 24.6 Å². The molecule has 0 saturated carbocycles. The fourth-order valence-corrected chi connectivity index (χ4v) is 3.79. The van der Waals surface area contributed by atoms with E-state index in [0.717, 1.165) is 31.9 Å². The van der Waals surface area contributed by atoms with Gasteiger partial charge < -0.3 is 10.2 Å². The third-order valence-corrected chi connectivity index (χ3v) is 4.99. The van der Waals surface area contributed by atoms with E-state index in [1.54, 1.807) is 0 Å². The van der Waals surface area contributed by atoms with Crippen LogP contribution >= 0.6 is 11.6 Å². The number of quaternary nitrogens is 1. The molecule has 1 atom stereocenters. The van der Waals surface area contributed by atoms with Crippen LogP contribution in [0.3, 0.4) is 0 Å². The van der Waals surface area contributed by atoms with Crippen molar-refractivity contribution in [3.8, 4) is 0 Å². The number of nitrogens with two attached hydrogens (primary N) is 1. The van der Waals surface area contributed by atoms with Crippen molar-refractivity contribution in [3.05, 3.63) is 28.8 Å². The highest BCUT2D eigenvalue weighted by Gasteiger charge is 2.38. The predicted molar refractivity (Wildman–Crippen MR) is 89.5 cm³/mol. The number of halogens is 1. The minimum Gasteiger partial charge on any atom is -0.342 e. The molecule has 0 aromatic heterocycles. The standard InChI is InChI=1S/C17H24ClN3O/c1-12-9-20(7-6-19-12)10-16(22)21-11-17(2,3)14-5-4-13(18)8-15(14)21/h4-5,8,12,19H,6-7,9-11H2,1-3H3/p+1/t12-/m1/s1. The molecule has 4 nitrogen and oxygen atoms in total. The molecule has 0 bridgehead atoms. The van der Waals surface area contributed by atoms with Gasteiger partial charge in [-0.15, -0.1) is 0 Å². The Morgan fingerprint density at radius 3 is 2.95 bits per heavy atom. The number of rotatable bonds is 2. The zero-order valence-corrected chi connectivity index (χ0v) is 14.4. The Balaban J connectivity index is 1.78. The molecular formula is C17H25ClN3O+. The summed E-state index contributed by atoms with van der Waals surface area (Å²) in [6.45, 7) is 10.8. The Morgan fingerprint density at radius 1 is 1.45 bits per heavy atom. The van der Waals surface area contributed by atoms with Gasteiger partial charge in [-0.3, -0.25) is 9.69 Å². The Labute approximate surface area is 137 Å². The molecule has 5 heteroatoms. The highest BCUT2D eigenvalue weighted by molar-refractivity contribution is 6.31. The maximum atomic E-state index is 12.8. The Morgan fingerprint density at radius 2 is 2.23 bits per heavy atom. The van der Waals surface area contributed by atoms with E-state index in [1.807, 2.05) is 17.0 Å². The van der Waals surface area contributed by atoms with E-state index in [-0.39, 0.29) is 11.3 Å². The lowest BCUT2D eigenvalue weighted by Crippen LogP contribution is -2.94. The topological polar surface area (TPSA) is 40.2 Å².